The number of piperazine rings is 1. The first-order chi connectivity index (χ1) is 19.6. The van der Waals surface area contributed by atoms with Crippen LogP contribution in [0.25, 0.3) is 4.91 Å². The molecule has 2 aliphatic heterocycles. The molecule has 0 spiro atoms. The SMILES string of the molecule is CNCC(=O)N1CCN(c2cccc(C(=C3CN(C(c4ccc(Cl)cc4)c4ccc(Cl)cc4)C3)S(C)(=O)=O)c2)CC1. The van der Waals surface area contributed by atoms with E-state index in [9.17, 15) is 13.2 Å². The number of nitrogens with zero attached hydrogens (tertiary/aromatic N) is 3. The Hall–Kier alpha value is -2.88. The number of sulfone groups is 1. The molecule has 7 nitrogen and oxygen atoms in total. The van der Waals surface area contributed by atoms with Gasteiger partial charge in [0.1, 0.15) is 0 Å². The second kappa shape index (κ2) is 12.5. The van der Waals surface area contributed by atoms with Gasteiger partial charge < -0.3 is 15.1 Å². The molecule has 0 atom stereocenters. The summed E-state index contributed by atoms with van der Waals surface area (Å²) in [5, 5.41) is 4.24. The maximum absolute atomic E-state index is 13.2. The molecule has 2 aliphatic rings. The van der Waals surface area contributed by atoms with Crippen molar-refractivity contribution in [2.24, 2.45) is 0 Å². The smallest absolute Gasteiger partial charge is 0.236 e. The predicted molar refractivity (Wildman–Crippen MR) is 167 cm³/mol. The molecule has 1 amide bonds. The molecule has 41 heavy (non-hydrogen) atoms. The number of nitrogens with one attached hydrogen (secondary N) is 1. The van der Waals surface area contributed by atoms with E-state index in [1.165, 1.54) is 6.26 Å². The Morgan fingerprint density at radius 2 is 1.44 bits per heavy atom. The lowest BCUT2D eigenvalue weighted by molar-refractivity contribution is -0.130. The van der Waals surface area contributed by atoms with Crippen LogP contribution >= 0.6 is 23.2 Å². The van der Waals surface area contributed by atoms with Crippen molar-refractivity contribution in [3.63, 3.8) is 0 Å². The van der Waals surface area contributed by atoms with Gasteiger partial charge >= 0.3 is 0 Å². The number of amides is 1. The number of hydrogen-bond acceptors (Lipinski definition) is 6. The van der Waals surface area contributed by atoms with Gasteiger partial charge in [0, 0.05) is 61.3 Å². The molecule has 10 heteroatoms. The van der Waals surface area contributed by atoms with Crippen molar-refractivity contribution in [1.82, 2.24) is 15.1 Å². The lowest BCUT2D eigenvalue weighted by atomic mass is 9.92. The zero-order valence-corrected chi connectivity index (χ0v) is 25.5. The summed E-state index contributed by atoms with van der Waals surface area (Å²) in [5.74, 6) is 0.0926. The Labute approximate surface area is 252 Å². The highest BCUT2D eigenvalue weighted by atomic mass is 35.5. The van der Waals surface area contributed by atoms with Gasteiger partial charge in [0.25, 0.3) is 0 Å². The highest BCUT2D eigenvalue weighted by Crippen LogP contribution is 2.39. The summed E-state index contributed by atoms with van der Waals surface area (Å²) >= 11 is 12.3. The number of halogens is 2. The van der Waals surface area contributed by atoms with Crippen LogP contribution in [0.4, 0.5) is 5.69 Å². The third kappa shape index (κ3) is 6.79. The highest BCUT2D eigenvalue weighted by molar-refractivity contribution is 8.00. The standard InChI is InChI=1S/C31H34Cl2N4O3S/c1-34-19-29(38)36-16-14-35(15-17-36)28-5-3-4-24(18-28)31(41(2,39)40)25-20-37(21-25)30(22-6-10-26(32)11-7-22)23-8-12-27(33)13-9-23/h3-13,18,30,34H,14-17,19-21H2,1-2H3. The van der Waals surface area contributed by atoms with Crippen LogP contribution in [-0.4, -0.2) is 83.2 Å². The topological polar surface area (TPSA) is 73.0 Å². The van der Waals surface area contributed by atoms with Crippen LogP contribution in [0.3, 0.4) is 0 Å². The molecular weight excluding hydrogens is 579 g/mol. The number of likely N-dealkylation sites (N-methyl/N-ethyl adjacent to an activating group) is 1. The van der Waals surface area contributed by atoms with E-state index in [-0.39, 0.29) is 11.9 Å². The van der Waals surface area contributed by atoms with Crippen molar-refractivity contribution in [3.05, 3.63) is 105 Å². The molecule has 0 aliphatic carbocycles. The average Bonchev–Trinajstić information content (AvgIpc) is 2.93. The maximum atomic E-state index is 13.2. The largest absolute Gasteiger partial charge is 0.368 e. The van der Waals surface area contributed by atoms with Gasteiger partial charge in [-0.05, 0) is 65.7 Å². The third-order valence-electron chi connectivity index (χ3n) is 7.65. The average molecular weight is 614 g/mol. The summed E-state index contributed by atoms with van der Waals surface area (Å²) in [6, 6.07) is 23.2. The fourth-order valence-electron chi connectivity index (χ4n) is 5.68. The number of benzene rings is 3. The zero-order valence-electron chi connectivity index (χ0n) is 23.2. The Balaban J connectivity index is 1.40. The minimum atomic E-state index is -3.50. The molecule has 0 aromatic heterocycles. The van der Waals surface area contributed by atoms with E-state index >= 15 is 0 Å². The number of likely N-dealkylation sites (tertiary alicyclic amines) is 1. The predicted octanol–water partition coefficient (Wildman–Crippen LogP) is 4.72. The fourth-order valence-corrected chi connectivity index (χ4v) is 7.14. The molecule has 1 N–H and O–H groups in total. The first kappa shape index (κ1) is 29.6. The summed E-state index contributed by atoms with van der Waals surface area (Å²) in [6.07, 6.45) is 1.28. The Bertz CT molecular complexity index is 1480. The molecular formula is C31H34Cl2N4O3S. The number of anilines is 1. The van der Waals surface area contributed by atoms with Gasteiger partial charge in [0.2, 0.25) is 5.91 Å². The van der Waals surface area contributed by atoms with Crippen LogP contribution < -0.4 is 10.2 Å². The first-order valence-corrected chi connectivity index (χ1v) is 16.2. The normalized spacial score (nSPS) is 16.2. The molecule has 0 unspecified atom stereocenters. The van der Waals surface area contributed by atoms with Gasteiger partial charge in [-0.3, -0.25) is 9.69 Å². The summed E-state index contributed by atoms with van der Waals surface area (Å²) in [7, 11) is -1.73. The number of hydrogen-bond donors (Lipinski definition) is 1. The van der Waals surface area contributed by atoms with Crippen molar-refractivity contribution >= 4 is 49.5 Å². The van der Waals surface area contributed by atoms with Gasteiger partial charge in [-0.2, -0.15) is 0 Å². The Morgan fingerprint density at radius 3 is 1.95 bits per heavy atom. The second-order valence-corrected chi connectivity index (χ2v) is 13.4. The van der Waals surface area contributed by atoms with Crippen LogP contribution in [0, 0.1) is 0 Å². The number of carbonyl (C=O) groups excluding carboxylic acids is 1. The summed E-state index contributed by atoms with van der Waals surface area (Å²) in [6.45, 7) is 4.04. The van der Waals surface area contributed by atoms with Crippen LogP contribution in [0.15, 0.2) is 78.4 Å². The van der Waals surface area contributed by atoms with E-state index < -0.39 is 9.84 Å². The molecule has 3 aromatic rings. The van der Waals surface area contributed by atoms with Crippen molar-refractivity contribution in [3.8, 4) is 0 Å². The van der Waals surface area contributed by atoms with E-state index in [4.69, 9.17) is 23.2 Å². The van der Waals surface area contributed by atoms with Crippen LogP contribution in [-0.2, 0) is 14.6 Å². The van der Waals surface area contributed by atoms with Crippen LogP contribution in [0.1, 0.15) is 22.7 Å². The van der Waals surface area contributed by atoms with Crippen molar-refractivity contribution in [2.75, 3.05) is 64.0 Å². The molecule has 3 aromatic carbocycles. The van der Waals surface area contributed by atoms with Gasteiger partial charge in [-0.15, -0.1) is 0 Å². The zero-order chi connectivity index (χ0) is 29.1. The van der Waals surface area contributed by atoms with Gasteiger partial charge in [0.15, 0.2) is 9.84 Å². The number of carbonyl (C=O) groups is 1. The number of rotatable bonds is 8. The Kier molecular flexibility index (Phi) is 9.06. The van der Waals surface area contributed by atoms with Gasteiger partial charge in [0.05, 0.1) is 17.5 Å². The van der Waals surface area contributed by atoms with Crippen molar-refractivity contribution in [2.45, 2.75) is 6.04 Å². The molecule has 2 saturated heterocycles. The molecule has 216 valence electrons. The molecule has 0 saturated carbocycles. The summed E-state index contributed by atoms with van der Waals surface area (Å²) < 4.78 is 26.3. The summed E-state index contributed by atoms with van der Waals surface area (Å²) in [4.78, 5) is 19.0. The summed E-state index contributed by atoms with van der Waals surface area (Å²) in [5.41, 5.74) is 4.70. The minimum absolute atomic E-state index is 0.0673. The van der Waals surface area contributed by atoms with E-state index in [1.807, 2.05) is 77.7 Å². The van der Waals surface area contributed by atoms with E-state index in [0.29, 0.717) is 66.3 Å². The Morgan fingerprint density at radius 1 is 0.878 bits per heavy atom. The van der Waals surface area contributed by atoms with Crippen LogP contribution in [0.5, 0.6) is 0 Å². The third-order valence-corrected chi connectivity index (χ3v) is 9.42. The fraction of sp³-hybridized carbons (Fsp3) is 0.323. The molecule has 0 radical (unpaired) electrons. The van der Waals surface area contributed by atoms with E-state index in [0.717, 1.165) is 22.4 Å². The molecule has 2 heterocycles. The quantitative estimate of drug-likeness (QED) is 0.397. The molecule has 0 bridgehead atoms. The molecule has 5 rings (SSSR count). The van der Waals surface area contributed by atoms with E-state index in [2.05, 4.69) is 15.1 Å². The first-order valence-electron chi connectivity index (χ1n) is 13.6. The lowest BCUT2D eigenvalue weighted by Crippen LogP contribution is -2.50. The van der Waals surface area contributed by atoms with Gasteiger partial charge in [-0.25, -0.2) is 8.42 Å². The molecule has 2 fully saturated rings. The van der Waals surface area contributed by atoms with Crippen molar-refractivity contribution in [1.29, 1.82) is 0 Å². The van der Waals surface area contributed by atoms with Gasteiger partial charge in [-0.1, -0.05) is 59.6 Å². The van der Waals surface area contributed by atoms with Crippen LogP contribution in [0.2, 0.25) is 10.0 Å². The lowest BCUT2D eigenvalue weighted by Gasteiger charge is -2.42. The second-order valence-electron chi connectivity index (χ2n) is 10.6. The van der Waals surface area contributed by atoms with E-state index in [1.54, 1.807) is 7.05 Å². The van der Waals surface area contributed by atoms with Crippen molar-refractivity contribution < 1.29 is 13.2 Å². The maximum Gasteiger partial charge on any atom is 0.236 e. The highest BCUT2D eigenvalue weighted by Gasteiger charge is 2.35. The minimum Gasteiger partial charge on any atom is -0.368 e. The monoisotopic (exact) mass is 612 g/mol.